The van der Waals surface area contributed by atoms with E-state index in [0.717, 1.165) is 25.7 Å². The summed E-state index contributed by atoms with van der Waals surface area (Å²) < 4.78 is 0. The zero-order chi connectivity index (χ0) is 16.6. The van der Waals surface area contributed by atoms with Gasteiger partial charge in [-0.3, -0.25) is 9.59 Å². The minimum absolute atomic E-state index is 0.00926. The molecule has 3 fully saturated rings. The molecular weight excluding hydrogens is 296 g/mol. The summed E-state index contributed by atoms with van der Waals surface area (Å²) in [4.78, 5) is 39.5. The number of aliphatic carboxylic acids is 1. The number of piperidine rings is 1. The maximum Gasteiger partial charge on any atom is 0.326 e. The summed E-state index contributed by atoms with van der Waals surface area (Å²) in [7, 11) is 0. The Morgan fingerprint density at radius 3 is 2.26 bits per heavy atom. The molecule has 128 valence electrons. The third-order valence-corrected chi connectivity index (χ3v) is 5.92. The first-order valence-electron chi connectivity index (χ1n) is 8.79. The number of fused-ring (bicyclic) bond motifs is 1. The second-order valence-electron chi connectivity index (χ2n) is 7.23. The summed E-state index contributed by atoms with van der Waals surface area (Å²) >= 11 is 0. The van der Waals surface area contributed by atoms with Crippen LogP contribution in [-0.2, 0) is 14.4 Å². The Kier molecular flexibility index (Phi) is 4.60. The van der Waals surface area contributed by atoms with Gasteiger partial charge in [0.2, 0.25) is 11.8 Å². The molecule has 0 spiro atoms. The highest BCUT2D eigenvalue weighted by Crippen LogP contribution is 2.41. The summed E-state index contributed by atoms with van der Waals surface area (Å²) in [5, 5.41) is 9.55. The average Bonchev–Trinajstić information content (AvgIpc) is 2.94. The average molecular weight is 322 g/mol. The van der Waals surface area contributed by atoms with Crippen molar-refractivity contribution in [1.29, 1.82) is 0 Å². The van der Waals surface area contributed by atoms with Crippen molar-refractivity contribution in [3.8, 4) is 0 Å². The van der Waals surface area contributed by atoms with Crippen LogP contribution >= 0.6 is 0 Å². The van der Waals surface area contributed by atoms with Gasteiger partial charge in [0.25, 0.3) is 0 Å². The molecule has 3 atom stereocenters. The van der Waals surface area contributed by atoms with Crippen LogP contribution in [0.15, 0.2) is 0 Å². The number of amides is 2. The highest BCUT2D eigenvalue weighted by molar-refractivity contribution is 5.86. The van der Waals surface area contributed by atoms with Gasteiger partial charge in [-0.15, -0.1) is 0 Å². The minimum Gasteiger partial charge on any atom is -0.480 e. The van der Waals surface area contributed by atoms with E-state index in [4.69, 9.17) is 0 Å². The second kappa shape index (κ2) is 6.49. The number of hydrogen-bond acceptors (Lipinski definition) is 3. The van der Waals surface area contributed by atoms with E-state index in [9.17, 15) is 19.5 Å². The molecule has 3 rings (SSSR count). The molecule has 0 aromatic carbocycles. The molecule has 6 heteroatoms. The molecule has 0 aromatic rings. The van der Waals surface area contributed by atoms with Crippen LogP contribution in [0.3, 0.4) is 0 Å². The number of carbonyl (C=O) groups excluding carboxylic acids is 2. The Morgan fingerprint density at radius 1 is 1.00 bits per heavy atom. The maximum absolute atomic E-state index is 13.0. The van der Waals surface area contributed by atoms with Crippen molar-refractivity contribution < 1.29 is 19.5 Å². The molecule has 1 N–H and O–H groups in total. The molecule has 2 aliphatic heterocycles. The predicted molar refractivity (Wildman–Crippen MR) is 83.6 cm³/mol. The standard InChI is InChI=1S/C17H26N2O4/c1-11(20)18-8-6-12(7-9-18)16(21)19-14-5-3-2-4-13(14)10-15(19)17(22)23/h12-15H,2-10H2,1H3,(H,22,23). The van der Waals surface area contributed by atoms with Crippen molar-refractivity contribution in [3.05, 3.63) is 0 Å². The van der Waals surface area contributed by atoms with Crippen molar-refractivity contribution in [3.63, 3.8) is 0 Å². The van der Waals surface area contributed by atoms with Gasteiger partial charge in [-0.25, -0.2) is 4.79 Å². The fourth-order valence-electron chi connectivity index (χ4n) is 4.65. The van der Waals surface area contributed by atoms with Crippen LogP contribution in [0.1, 0.15) is 51.9 Å². The first-order chi connectivity index (χ1) is 11.0. The van der Waals surface area contributed by atoms with E-state index in [2.05, 4.69) is 0 Å². The quantitative estimate of drug-likeness (QED) is 0.835. The van der Waals surface area contributed by atoms with Crippen LogP contribution in [0.2, 0.25) is 0 Å². The zero-order valence-electron chi connectivity index (χ0n) is 13.7. The van der Waals surface area contributed by atoms with Crippen LogP contribution in [0, 0.1) is 11.8 Å². The molecule has 3 aliphatic rings. The van der Waals surface area contributed by atoms with Gasteiger partial charge in [0.15, 0.2) is 0 Å². The fourth-order valence-corrected chi connectivity index (χ4v) is 4.65. The van der Waals surface area contributed by atoms with E-state index in [1.807, 2.05) is 0 Å². The van der Waals surface area contributed by atoms with Gasteiger partial charge < -0.3 is 14.9 Å². The topological polar surface area (TPSA) is 77.9 Å². The van der Waals surface area contributed by atoms with Crippen molar-refractivity contribution in [2.75, 3.05) is 13.1 Å². The summed E-state index contributed by atoms with van der Waals surface area (Å²) in [6.45, 7) is 2.76. The van der Waals surface area contributed by atoms with Crippen molar-refractivity contribution in [2.24, 2.45) is 11.8 Å². The van der Waals surface area contributed by atoms with E-state index in [1.54, 1.807) is 16.7 Å². The monoisotopic (exact) mass is 322 g/mol. The van der Waals surface area contributed by atoms with Crippen molar-refractivity contribution in [2.45, 2.75) is 64.0 Å². The SMILES string of the molecule is CC(=O)N1CCC(C(=O)N2C(C(=O)O)CC3CCCCC32)CC1. The molecule has 1 aliphatic carbocycles. The molecule has 0 aromatic heterocycles. The molecule has 6 nitrogen and oxygen atoms in total. The van der Waals surface area contributed by atoms with Gasteiger partial charge >= 0.3 is 5.97 Å². The van der Waals surface area contributed by atoms with Crippen LogP contribution < -0.4 is 0 Å². The maximum atomic E-state index is 13.0. The normalized spacial score (nSPS) is 31.8. The smallest absolute Gasteiger partial charge is 0.326 e. The zero-order valence-corrected chi connectivity index (χ0v) is 13.7. The Labute approximate surface area is 136 Å². The summed E-state index contributed by atoms with van der Waals surface area (Å²) in [5.41, 5.74) is 0. The van der Waals surface area contributed by atoms with E-state index < -0.39 is 12.0 Å². The van der Waals surface area contributed by atoms with Crippen LogP contribution in [0.5, 0.6) is 0 Å². The first-order valence-corrected chi connectivity index (χ1v) is 8.79. The minimum atomic E-state index is -0.867. The lowest BCUT2D eigenvalue weighted by Crippen LogP contribution is -2.50. The summed E-state index contributed by atoms with van der Waals surface area (Å²) in [6, 6.07) is -0.537. The molecule has 0 radical (unpaired) electrons. The number of carbonyl (C=O) groups is 3. The molecule has 2 amide bonds. The lowest BCUT2D eigenvalue weighted by molar-refractivity contribution is -0.153. The van der Waals surface area contributed by atoms with Crippen LogP contribution in [0.25, 0.3) is 0 Å². The van der Waals surface area contributed by atoms with Gasteiger partial charge in [0.1, 0.15) is 6.04 Å². The predicted octanol–water partition coefficient (Wildman–Crippen LogP) is 1.49. The molecule has 0 bridgehead atoms. The Hall–Kier alpha value is -1.59. The van der Waals surface area contributed by atoms with Crippen LogP contribution in [-0.4, -0.2) is 57.9 Å². The van der Waals surface area contributed by atoms with Gasteiger partial charge in [-0.1, -0.05) is 12.8 Å². The van der Waals surface area contributed by atoms with Crippen molar-refractivity contribution >= 4 is 17.8 Å². The lowest BCUT2D eigenvalue weighted by atomic mass is 9.84. The molecule has 1 saturated carbocycles. The third kappa shape index (κ3) is 3.08. The number of hydrogen-bond donors (Lipinski definition) is 1. The third-order valence-electron chi connectivity index (χ3n) is 5.92. The van der Waals surface area contributed by atoms with E-state index in [0.29, 0.717) is 38.3 Å². The molecule has 3 unspecified atom stereocenters. The van der Waals surface area contributed by atoms with Gasteiger partial charge in [0.05, 0.1) is 0 Å². The highest BCUT2D eigenvalue weighted by Gasteiger charge is 2.48. The van der Waals surface area contributed by atoms with Gasteiger partial charge in [0, 0.05) is 32.0 Å². The molecule has 23 heavy (non-hydrogen) atoms. The van der Waals surface area contributed by atoms with Crippen LogP contribution in [0.4, 0.5) is 0 Å². The Bertz CT molecular complexity index is 499. The lowest BCUT2D eigenvalue weighted by Gasteiger charge is -2.37. The van der Waals surface area contributed by atoms with Crippen molar-refractivity contribution in [1.82, 2.24) is 9.80 Å². The van der Waals surface area contributed by atoms with E-state index >= 15 is 0 Å². The number of rotatable bonds is 2. The van der Waals surface area contributed by atoms with E-state index in [-0.39, 0.29) is 23.8 Å². The molecule has 2 heterocycles. The highest BCUT2D eigenvalue weighted by atomic mass is 16.4. The number of carboxylic acid groups (broad SMARTS) is 1. The number of likely N-dealkylation sites (tertiary alicyclic amines) is 2. The van der Waals surface area contributed by atoms with Gasteiger partial charge in [-0.2, -0.15) is 0 Å². The van der Waals surface area contributed by atoms with E-state index in [1.165, 1.54) is 0 Å². The largest absolute Gasteiger partial charge is 0.480 e. The number of carboxylic acids is 1. The molecular formula is C17H26N2O4. The second-order valence-corrected chi connectivity index (χ2v) is 7.23. The van der Waals surface area contributed by atoms with Gasteiger partial charge in [-0.05, 0) is 38.0 Å². The number of nitrogens with zero attached hydrogens (tertiary/aromatic N) is 2. The fraction of sp³-hybridized carbons (Fsp3) is 0.824. The summed E-state index contributed by atoms with van der Waals surface area (Å²) in [5.74, 6) is -0.587. The summed E-state index contributed by atoms with van der Waals surface area (Å²) in [6.07, 6.45) is 6.12. The first kappa shape index (κ1) is 16.3. The Balaban J connectivity index is 1.71. The Morgan fingerprint density at radius 2 is 1.65 bits per heavy atom. The molecule has 2 saturated heterocycles.